The third-order valence-corrected chi connectivity index (χ3v) is 5.40. The molecule has 0 aromatic heterocycles. The third-order valence-electron chi connectivity index (χ3n) is 3.46. The van der Waals surface area contributed by atoms with Crippen LogP contribution >= 0.6 is 0 Å². The molecular formula is C18H31NO4Si2. The Balaban J connectivity index is 2.43. The molecule has 0 saturated heterocycles. The molecule has 140 valence electrons. The molecule has 1 aliphatic rings. The Morgan fingerprint density at radius 2 is 1.56 bits per heavy atom. The van der Waals surface area contributed by atoms with Crippen molar-refractivity contribution in [3.8, 4) is 0 Å². The number of ether oxygens (including phenoxy) is 1. The highest BCUT2D eigenvalue weighted by Crippen LogP contribution is 2.28. The molecule has 0 spiro atoms. The van der Waals surface area contributed by atoms with Crippen molar-refractivity contribution in [2.75, 3.05) is 6.61 Å². The van der Waals surface area contributed by atoms with Crippen molar-refractivity contribution in [1.82, 2.24) is 0 Å². The normalized spacial score (nSPS) is 24.6. The molecule has 3 atom stereocenters. The minimum atomic E-state index is -1.85. The highest BCUT2D eigenvalue weighted by atomic mass is 28.4. The molecule has 1 aromatic rings. The molecule has 0 bridgehead atoms. The Morgan fingerprint density at radius 3 is 2.08 bits per heavy atom. The van der Waals surface area contributed by atoms with Gasteiger partial charge in [-0.3, -0.25) is 0 Å². The second-order valence-electron chi connectivity index (χ2n) is 8.12. The largest absolute Gasteiger partial charge is 0.406 e. The first-order chi connectivity index (χ1) is 11.6. The predicted octanol–water partition coefficient (Wildman–Crippen LogP) is 4.22. The van der Waals surface area contributed by atoms with Gasteiger partial charge in [-0.15, -0.1) is 0 Å². The lowest BCUT2D eigenvalue weighted by Crippen LogP contribution is -2.56. The van der Waals surface area contributed by atoms with Crippen LogP contribution in [-0.4, -0.2) is 47.5 Å². The van der Waals surface area contributed by atoms with Crippen LogP contribution in [0.1, 0.15) is 12.5 Å². The Bertz CT molecular complexity index is 581. The van der Waals surface area contributed by atoms with E-state index in [9.17, 15) is 0 Å². The van der Waals surface area contributed by atoms with Crippen molar-refractivity contribution in [3.05, 3.63) is 35.9 Å². The van der Waals surface area contributed by atoms with Gasteiger partial charge < -0.3 is 18.4 Å². The highest BCUT2D eigenvalue weighted by Gasteiger charge is 2.45. The zero-order chi connectivity index (χ0) is 18.7. The minimum absolute atomic E-state index is 0.300. The molecule has 1 heterocycles. The molecule has 25 heavy (non-hydrogen) atoms. The fraction of sp³-hybridized carbons (Fsp3) is 0.611. The first-order valence-corrected chi connectivity index (χ1v) is 15.7. The van der Waals surface area contributed by atoms with E-state index in [1.807, 2.05) is 37.3 Å². The van der Waals surface area contributed by atoms with Gasteiger partial charge in [-0.1, -0.05) is 35.5 Å². The lowest BCUT2D eigenvalue weighted by Gasteiger charge is -2.41. The van der Waals surface area contributed by atoms with Crippen molar-refractivity contribution in [1.29, 1.82) is 0 Å². The van der Waals surface area contributed by atoms with E-state index in [1.54, 1.807) is 0 Å². The monoisotopic (exact) mass is 381 g/mol. The summed E-state index contributed by atoms with van der Waals surface area (Å²) in [5.41, 5.74) is 1.77. The lowest BCUT2D eigenvalue weighted by atomic mass is 10.0. The van der Waals surface area contributed by atoms with E-state index in [2.05, 4.69) is 44.4 Å². The van der Waals surface area contributed by atoms with Crippen LogP contribution in [-0.2, 0) is 18.4 Å². The summed E-state index contributed by atoms with van der Waals surface area (Å²) in [6.45, 7) is 15.5. The Hall–Kier alpha value is -0.996. The lowest BCUT2D eigenvalue weighted by molar-refractivity contribution is -0.209. The van der Waals surface area contributed by atoms with Crippen molar-refractivity contribution >= 4 is 22.3 Å². The van der Waals surface area contributed by atoms with Crippen LogP contribution in [0.4, 0.5) is 0 Å². The molecular weight excluding hydrogens is 350 g/mol. The van der Waals surface area contributed by atoms with E-state index in [0.29, 0.717) is 6.61 Å². The zero-order valence-corrected chi connectivity index (χ0v) is 18.4. The molecule has 7 heteroatoms. The average molecular weight is 382 g/mol. The summed E-state index contributed by atoms with van der Waals surface area (Å²) in [6.07, 6.45) is -1.18. The van der Waals surface area contributed by atoms with E-state index < -0.39 is 22.9 Å². The fourth-order valence-electron chi connectivity index (χ4n) is 2.66. The maximum absolute atomic E-state index is 6.53. The topological polar surface area (TPSA) is 49.3 Å². The van der Waals surface area contributed by atoms with Gasteiger partial charge >= 0.3 is 0 Å². The molecule has 0 aliphatic carbocycles. The van der Waals surface area contributed by atoms with Gasteiger partial charge in [0, 0.05) is 12.2 Å². The molecule has 1 aromatic carbocycles. The van der Waals surface area contributed by atoms with Gasteiger partial charge in [-0.25, -0.2) is 0 Å². The van der Waals surface area contributed by atoms with Crippen molar-refractivity contribution in [2.24, 2.45) is 5.16 Å². The summed E-state index contributed by atoms with van der Waals surface area (Å²) in [7, 11) is -3.69. The highest BCUT2D eigenvalue weighted by molar-refractivity contribution is 6.70. The zero-order valence-electron chi connectivity index (χ0n) is 16.4. The summed E-state index contributed by atoms with van der Waals surface area (Å²) >= 11 is 0. The van der Waals surface area contributed by atoms with Gasteiger partial charge in [0.15, 0.2) is 16.6 Å². The van der Waals surface area contributed by atoms with Crippen LogP contribution in [0, 0.1) is 0 Å². The van der Waals surface area contributed by atoms with Gasteiger partial charge in [0.2, 0.25) is 0 Å². The Labute approximate surface area is 153 Å². The summed E-state index contributed by atoms with van der Waals surface area (Å²) in [5, 5.41) is 4.37. The van der Waals surface area contributed by atoms with E-state index >= 15 is 0 Å². The maximum Gasteiger partial charge on any atom is 0.255 e. The molecule has 5 nitrogen and oxygen atoms in total. The summed E-state index contributed by atoms with van der Waals surface area (Å²) < 4.78 is 18.8. The van der Waals surface area contributed by atoms with E-state index in [0.717, 1.165) is 11.3 Å². The quantitative estimate of drug-likeness (QED) is 0.663. The van der Waals surface area contributed by atoms with Gasteiger partial charge in [0.25, 0.3) is 6.29 Å². The summed E-state index contributed by atoms with van der Waals surface area (Å²) in [6, 6.07) is 10.0. The van der Waals surface area contributed by atoms with Crippen LogP contribution < -0.4 is 0 Å². The van der Waals surface area contributed by atoms with E-state index in [-0.39, 0.29) is 12.2 Å². The number of hydrogen-bond acceptors (Lipinski definition) is 5. The maximum atomic E-state index is 6.53. The SMILES string of the molecule is CCO[C@@H]1ON=C(c2ccccc2)[C@@H](O[Si](C)(C)C)[C@H]1O[Si](C)(C)C. The number of oxime groups is 1. The van der Waals surface area contributed by atoms with E-state index in [4.69, 9.17) is 18.4 Å². The van der Waals surface area contributed by atoms with Crippen LogP contribution in [0.25, 0.3) is 0 Å². The predicted molar refractivity (Wildman–Crippen MR) is 106 cm³/mol. The second kappa shape index (κ2) is 8.13. The Morgan fingerprint density at radius 1 is 0.960 bits per heavy atom. The van der Waals surface area contributed by atoms with Gasteiger partial charge in [0.1, 0.15) is 17.9 Å². The summed E-state index contributed by atoms with van der Waals surface area (Å²) in [5.74, 6) is 0. The van der Waals surface area contributed by atoms with E-state index in [1.165, 1.54) is 0 Å². The average Bonchev–Trinajstić information content (AvgIpc) is 2.49. The van der Waals surface area contributed by atoms with Crippen LogP contribution in [0.5, 0.6) is 0 Å². The Kier molecular flexibility index (Phi) is 6.61. The molecule has 0 fully saturated rings. The standard InChI is InChI=1S/C18H31NO4Si2/c1-8-20-18-17(23-25(5,6)7)16(22-24(2,3)4)15(19-21-18)14-12-10-9-11-13-14/h9-13,16-18H,8H2,1-7H3/t16-,17-,18-/m1/s1. The van der Waals surface area contributed by atoms with Crippen LogP contribution in [0.15, 0.2) is 35.5 Å². The molecule has 0 radical (unpaired) electrons. The fourth-order valence-corrected chi connectivity index (χ4v) is 4.72. The van der Waals surface area contributed by atoms with Gasteiger partial charge in [-0.05, 0) is 46.2 Å². The van der Waals surface area contributed by atoms with Gasteiger partial charge in [-0.2, -0.15) is 0 Å². The van der Waals surface area contributed by atoms with Crippen molar-refractivity contribution in [3.63, 3.8) is 0 Å². The first kappa shape index (κ1) is 20.3. The molecule has 2 rings (SSSR count). The molecule has 0 saturated carbocycles. The first-order valence-electron chi connectivity index (χ1n) is 8.87. The van der Waals surface area contributed by atoms with Gasteiger partial charge in [0.05, 0.1) is 0 Å². The van der Waals surface area contributed by atoms with Crippen LogP contribution in [0.3, 0.4) is 0 Å². The number of nitrogens with zero attached hydrogens (tertiary/aromatic N) is 1. The number of benzene rings is 1. The molecule has 0 amide bonds. The third kappa shape index (κ3) is 6.04. The van der Waals surface area contributed by atoms with Crippen molar-refractivity contribution in [2.45, 2.75) is 64.7 Å². The molecule has 0 unspecified atom stereocenters. The smallest absolute Gasteiger partial charge is 0.255 e. The molecule has 0 N–H and O–H groups in total. The summed E-state index contributed by atoms with van der Waals surface area (Å²) in [4.78, 5) is 5.69. The number of rotatable bonds is 7. The van der Waals surface area contributed by atoms with Crippen LogP contribution in [0.2, 0.25) is 39.3 Å². The second-order valence-corrected chi connectivity index (χ2v) is 17.0. The number of hydrogen-bond donors (Lipinski definition) is 0. The van der Waals surface area contributed by atoms with Crippen molar-refractivity contribution < 1.29 is 18.4 Å². The molecule has 1 aliphatic heterocycles. The minimum Gasteiger partial charge on any atom is -0.406 e.